The molecule has 0 radical (unpaired) electrons. The molecule has 0 saturated heterocycles. The van der Waals surface area contributed by atoms with E-state index in [0.717, 1.165) is 5.56 Å². The Morgan fingerprint density at radius 1 is 1.14 bits per heavy atom. The third kappa shape index (κ3) is 3.92. The largest absolute Gasteiger partial charge is 0.503 e. The molecule has 0 aromatic heterocycles. The van der Waals surface area contributed by atoms with Crippen molar-refractivity contribution in [3.8, 4) is 0 Å². The monoisotopic (exact) mass is 419 g/mol. The van der Waals surface area contributed by atoms with Gasteiger partial charge in [-0.25, -0.2) is 0 Å². The second-order valence-electron chi connectivity index (χ2n) is 6.87. The molecule has 3 rings (SSSR count). The van der Waals surface area contributed by atoms with Crippen LogP contribution in [0.25, 0.3) is 0 Å². The molecule has 1 aliphatic heterocycles. The molecule has 0 fully saturated rings. The van der Waals surface area contributed by atoms with Crippen molar-refractivity contribution >= 4 is 34.9 Å². The van der Waals surface area contributed by atoms with Crippen molar-refractivity contribution in [2.24, 2.45) is 0 Å². The summed E-state index contributed by atoms with van der Waals surface area (Å²) in [6.07, 6.45) is -0.859. The van der Waals surface area contributed by atoms with Gasteiger partial charge < -0.3 is 15.1 Å². The molecule has 2 N–H and O–H groups in total. The van der Waals surface area contributed by atoms with Gasteiger partial charge in [-0.1, -0.05) is 53.0 Å². The Balaban J connectivity index is 2.14. The second kappa shape index (κ2) is 7.95. The predicted molar refractivity (Wildman–Crippen MR) is 108 cm³/mol. The van der Waals surface area contributed by atoms with Gasteiger partial charge in [0.05, 0.1) is 17.7 Å². The molecule has 5 nitrogen and oxygen atoms in total. The molecule has 7 heteroatoms. The Morgan fingerprint density at radius 3 is 2.25 bits per heavy atom. The van der Waals surface area contributed by atoms with E-state index in [1.165, 1.54) is 17.9 Å². The number of benzene rings is 2. The Labute approximate surface area is 172 Å². The first kappa shape index (κ1) is 20.4. The van der Waals surface area contributed by atoms with Gasteiger partial charge in [0.1, 0.15) is 0 Å². The van der Waals surface area contributed by atoms with Crippen molar-refractivity contribution in [1.29, 1.82) is 0 Å². The summed E-state index contributed by atoms with van der Waals surface area (Å²) in [5.41, 5.74) is 1.74. The van der Waals surface area contributed by atoms with Crippen LogP contribution in [-0.2, 0) is 4.79 Å². The summed E-state index contributed by atoms with van der Waals surface area (Å²) in [5, 5.41) is 21.0. The highest BCUT2D eigenvalue weighted by atomic mass is 35.5. The summed E-state index contributed by atoms with van der Waals surface area (Å²) in [7, 11) is 0. The van der Waals surface area contributed by atoms with Crippen LogP contribution in [0, 0.1) is 6.92 Å². The minimum atomic E-state index is -0.910. The summed E-state index contributed by atoms with van der Waals surface area (Å²) in [6, 6.07) is 10.6. The fourth-order valence-electron chi connectivity index (χ4n) is 3.30. The first-order valence-electron chi connectivity index (χ1n) is 8.68. The minimum Gasteiger partial charge on any atom is -0.503 e. The highest BCUT2D eigenvalue weighted by molar-refractivity contribution is 6.34. The van der Waals surface area contributed by atoms with E-state index >= 15 is 0 Å². The van der Waals surface area contributed by atoms with Crippen LogP contribution >= 0.6 is 23.2 Å². The number of aliphatic hydroxyl groups is 2. The zero-order valence-corrected chi connectivity index (χ0v) is 16.8. The number of nitrogens with zero attached hydrogens (tertiary/aromatic N) is 1. The van der Waals surface area contributed by atoms with E-state index in [4.69, 9.17) is 23.2 Å². The van der Waals surface area contributed by atoms with Gasteiger partial charge in [0.2, 0.25) is 0 Å². The Bertz CT molecular complexity index is 947. The first-order chi connectivity index (χ1) is 13.2. The lowest BCUT2D eigenvalue weighted by atomic mass is 9.92. The Morgan fingerprint density at radius 2 is 1.71 bits per heavy atom. The first-order valence-corrected chi connectivity index (χ1v) is 9.44. The summed E-state index contributed by atoms with van der Waals surface area (Å²) in [6.45, 7) is 3.35. The zero-order chi connectivity index (χ0) is 20.6. The quantitative estimate of drug-likeness (QED) is 0.709. The van der Waals surface area contributed by atoms with E-state index in [1.54, 1.807) is 36.4 Å². The molecule has 0 spiro atoms. The minimum absolute atomic E-state index is 0.0622. The molecule has 2 atom stereocenters. The van der Waals surface area contributed by atoms with E-state index in [-0.39, 0.29) is 12.1 Å². The smallest absolute Gasteiger partial charge is 0.290 e. The molecular weight excluding hydrogens is 401 g/mol. The molecular formula is C21H19Cl2NO4. The second-order valence-corrected chi connectivity index (χ2v) is 7.74. The summed E-state index contributed by atoms with van der Waals surface area (Å²) in [4.78, 5) is 27.1. The van der Waals surface area contributed by atoms with E-state index in [9.17, 15) is 19.8 Å². The number of ketones is 1. The van der Waals surface area contributed by atoms with Crippen LogP contribution in [0.1, 0.15) is 34.5 Å². The van der Waals surface area contributed by atoms with Gasteiger partial charge in [-0.2, -0.15) is 0 Å². The van der Waals surface area contributed by atoms with Crippen molar-refractivity contribution < 1.29 is 19.8 Å². The van der Waals surface area contributed by atoms with Crippen LogP contribution in [-0.4, -0.2) is 39.5 Å². The highest BCUT2D eigenvalue weighted by Gasteiger charge is 2.44. The number of rotatable bonds is 5. The van der Waals surface area contributed by atoms with Crippen LogP contribution < -0.4 is 0 Å². The van der Waals surface area contributed by atoms with Gasteiger partial charge in [-0.15, -0.1) is 0 Å². The van der Waals surface area contributed by atoms with Gasteiger partial charge in [0.15, 0.2) is 11.5 Å². The van der Waals surface area contributed by atoms with Crippen LogP contribution in [0.15, 0.2) is 53.8 Å². The zero-order valence-electron chi connectivity index (χ0n) is 15.3. The number of carbonyl (C=O) groups is 2. The average molecular weight is 420 g/mol. The molecule has 2 aromatic rings. The molecule has 1 amide bonds. The van der Waals surface area contributed by atoms with Gasteiger partial charge in [0, 0.05) is 22.2 Å². The van der Waals surface area contributed by atoms with Crippen molar-refractivity contribution in [2.45, 2.75) is 26.0 Å². The van der Waals surface area contributed by atoms with Crippen LogP contribution in [0.5, 0.6) is 0 Å². The molecule has 28 heavy (non-hydrogen) atoms. The third-order valence-electron chi connectivity index (χ3n) is 4.52. The number of halogens is 2. The maximum atomic E-state index is 13.2. The fraction of sp³-hybridized carbons (Fsp3) is 0.238. The number of hydrogen-bond donors (Lipinski definition) is 2. The van der Waals surface area contributed by atoms with E-state index in [2.05, 4.69) is 0 Å². The lowest BCUT2D eigenvalue weighted by Gasteiger charge is -2.28. The third-order valence-corrected chi connectivity index (χ3v) is 4.96. The SMILES string of the molecule is Cc1ccc(C(=O)C2=C(O)C(=O)N(CC(C)O)C2c2cc(Cl)cc(Cl)c2)cc1. The molecule has 1 aliphatic rings. The standard InChI is InChI=1S/C21H19Cl2NO4/c1-11-3-5-13(6-4-11)19(26)17-18(14-7-15(22)9-16(23)8-14)24(10-12(2)25)21(28)20(17)27/h3-9,12,18,25,27H,10H2,1-2H3. The number of hydrogen-bond acceptors (Lipinski definition) is 4. The molecule has 2 aromatic carbocycles. The van der Waals surface area contributed by atoms with Gasteiger partial charge in [0.25, 0.3) is 5.91 Å². The van der Waals surface area contributed by atoms with Crippen molar-refractivity contribution in [3.05, 3.63) is 80.5 Å². The number of aliphatic hydroxyl groups excluding tert-OH is 2. The summed E-state index contributed by atoms with van der Waals surface area (Å²) in [5.74, 6) is -1.83. The van der Waals surface area contributed by atoms with Gasteiger partial charge in [-0.05, 0) is 37.6 Å². The molecule has 0 saturated carbocycles. The molecule has 146 valence electrons. The number of Topliss-reactive ketones (excluding diaryl/α,β-unsaturated/α-hetero) is 1. The number of carbonyl (C=O) groups excluding carboxylic acids is 2. The number of β-amino-alcohol motifs (C(OH)–C–C–N with tert-alkyl or cyclic N) is 1. The maximum Gasteiger partial charge on any atom is 0.290 e. The van der Waals surface area contributed by atoms with Crippen LogP contribution in [0.2, 0.25) is 10.0 Å². The maximum absolute atomic E-state index is 13.2. The van der Waals surface area contributed by atoms with Crippen molar-refractivity contribution in [1.82, 2.24) is 4.90 Å². The van der Waals surface area contributed by atoms with E-state index in [1.807, 2.05) is 6.92 Å². The fourth-order valence-corrected chi connectivity index (χ4v) is 3.84. The van der Waals surface area contributed by atoms with Crippen LogP contribution in [0.3, 0.4) is 0 Å². The Kier molecular flexibility index (Phi) is 5.79. The number of aryl methyl sites for hydroxylation is 1. The molecule has 0 bridgehead atoms. The highest BCUT2D eigenvalue weighted by Crippen LogP contribution is 2.40. The van der Waals surface area contributed by atoms with E-state index < -0.39 is 29.6 Å². The van der Waals surface area contributed by atoms with Gasteiger partial charge in [-0.3, -0.25) is 9.59 Å². The van der Waals surface area contributed by atoms with Crippen molar-refractivity contribution in [2.75, 3.05) is 6.54 Å². The van der Waals surface area contributed by atoms with Crippen molar-refractivity contribution in [3.63, 3.8) is 0 Å². The topological polar surface area (TPSA) is 77.8 Å². The lowest BCUT2D eigenvalue weighted by Crippen LogP contribution is -2.36. The summed E-state index contributed by atoms with van der Waals surface area (Å²) < 4.78 is 0. The van der Waals surface area contributed by atoms with Gasteiger partial charge >= 0.3 is 0 Å². The normalized spacial score (nSPS) is 18.0. The lowest BCUT2D eigenvalue weighted by molar-refractivity contribution is -0.130. The molecule has 1 heterocycles. The van der Waals surface area contributed by atoms with Crippen LogP contribution in [0.4, 0.5) is 0 Å². The molecule has 2 unspecified atom stereocenters. The molecule has 0 aliphatic carbocycles. The van der Waals surface area contributed by atoms with E-state index in [0.29, 0.717) is 21.2 Å². The summed E-state index contributed by atoms with van der Waals surface area (Å²) >= 11 is 12.2. The average Bonchev–Trinajstić information content (AvgIpc) is 2.85. The Hall–Kier alpha value is -2.34. The number of amides is 1. The predicted octanol–water partition coefficient (Wildman–Crippen LogP) is 4.26.